The molecule has 0 radical (unpaired) electrons. The summed E-state index contributed by atoms with van der Waals surface area (Å²) in [6.45, 7) is 2.85. The molecule has 2 heterocycles. The molecule has 25 heavy (non-hydrogen) atoms. The summed E-state index contributed by atoms with van der Waals surface area (Å²) in [4.78, 5) is 24.5. The van der Waals surface area contributed by atoms with Gasteiger partial charge in [-0.25, -0.2) is 0 Å². The molecule has 0 fully saturated rings. The van der Waals surface area contributed by atoms with Crippen molar-refractivity contribution >= 4 is 34.8 Å². The molecule has 1 aromatic carbocycles. The van der Waals surface area contributed by atoms with Crippen LogP contribution >= 0.6 is 23.2 Å². The number of fused-ring (bicyclic) bond motifs is 1. The van der Waals surface area contributed by atoms with Crippen LogP contribution in [0.3, 0.4) is 0 Å². The van der Waals surface area contributed by atoms with Crippen LogP contribution in [0.1, 0.15) is 30.5 Å². The van der Waals surface area contributed by atoms with Crippen molar-refractivity contribution in [2.24, 2.45) is 0 Å². The van der Waals surface area contributed by atoms with Crippen LogP contribution in [0.4, 0.5) is 5.69 Å². The fourth-order valence-electron chi connectivity index (χ4n) is 3.07. The van der Waals surface area contributed by atoms with Gasteiger partial charge in [-0.15, -0.1) is 0 Å². The van der Waals surface area contributed by atoms with E-state index in [1.165, 1.54) is 17.1 Å². The van der Waals surface area contributed by atoms with E-state index in [1.54, 1.807) is 4.90 Å². The Morgan fingerprint density at radius 1 is 1.40 bits per heavy atom. The third-order valence-corrected chi connectivity index (χ3v) is 5.15. The van der Waals surface area contributed by atoms with Gasteiger partial charge in [0.15, 0.2) is 0 Å². The maximum Gasteiger partial charge on any atom is 0.306 e. The highest BCUT2D eigenvalue weighted by Gasteiger charge is 2.28. The number of halogens is 2. The number of aromatic nitrogens is 2. The molecule has 1 aliphatic rings. The molecule has 0 saturated carbocycles. The first-order chi connectivity index (χ1) is 11.9. The van der Waals surface area contributed by atoms with E-state index in [1.807, 2.05) is 19.1 Å². The van der Waals surface area contributed by atoms with Crippen LogP contribution in [0.2, 0.25) is 10.0 Å². The van der Waals surface area contributed by atoms with E-state index in [2.05, 4.69) is 5.10 Å². The molecule has 7 nitrogen and oxygen atoms in total. The van der Waals surface area contributed by atoms with E-state index in [-0.39, 0.29) is 24.1 Å². The van der Waals surface area contributed by atoms with E-state index >= 15 is 0 Å². The Hall–Kier alpha value is -2.12. The molecule has 1 atom stereocenters. The fraction of sp³-hybridized carbons (Fsp3) is 0.375. The van der Waals surface area contributed by atoms with Crippen LogP contribution in [0, 0.1) is 10.1 Å². The highest BCUT2D eigenvalue weighted by molar-refractivity contribution is 6.42. The van der Waals surface area contributed by atoms with Gasteiger partial charge in [0, 0.05) is 19.5 Å². The smallest absolute Gasteiger partial charge is 0.306 e. The van der Waals surface area contributed by atoms with Crippen LogP contribution in [0.15, 0.2) is 24.5 Å². The number of rotatable bonds is 4. The predicted molar refractivity (Wildman–Crippen MR) is 93.8 cm³/mol. The van der Waals surface area contributed by atoms with Crippen molar-refractivity contribution in [2.45, 2.75) is 32.4 Å². The average Bonchev–Trinajstić information content (AvgIpc) is 3.04. The summed E-state index contributed by atoms with van der Waals surface area (Å²) >= 11 is 12.2. The van der Waals surface area contributed by atoms with Gasteiger partial charge in [-0.05, 0) is 36.6 Å². The second kappa shape index (κ2) is 7.01. The highest BCUT2D eigenvalue weighted by atomic mass is 35.5. The zero-order valence-corrected chi connectivity index (χ0v) is 15.0. The van der Waals surface area contributed by atoms with Gasteiger partial charge in [0.05, 0.1) is 21.0 Å². The second-order valence-electron chi connectivity index (χ2n) is 5.95. The number of carbonyl (C=O) groups is 1. The van der Waals surface area contributed by atoms with E-state index in [9.17, 15) is 14.9 Å². The lowest BCUT2D eigenvalue weighted by atomic mass is 9.93. The maximum atomic E-state index is 12.6. The molecule has 9 heteroatoms. The third-order valence-electron chi connectivity index (χ3n) is 4.43. The first-order valence-electron chi connectivity index (χ1n) is 7.81. The molecule has 1 amide bonds. The number of benzene rings is 1. The van der Waals surface area contributed by atoms with Gasteiger partial charge in [-0.1, -0.05) is 23.2 Å². The predicted octanol–water partition coefficient (Wildman–Crippen LogP) is 3.63. The van der Waals surface area contributed by atoms with Gasteiger partial charge in [0.1, 0.15) is 12.4 Å². The summed E-state index contributed by atoms with van der Waals surface area (Å²) in [6, 6.07) is 3.58. The van der Waals surface area contributed by atoms with Crippen LogP contribution < -0.4 is 0 Å². The van der Waals surface area contributed by atoms with Gasteiger partial charge < -0.3 is 4.90 Å². The molecule has 3 rings (SSSR count). The molecule has 0 saturated heterocycles. The number of nitrogens with zero attached hydrogens (tertiary/aromatic N) is 4. The van der Waals surface area contributed by atoms with Gasteiger partial charge in [0.25, 0.3) is 0 Å². The number of aryl methyl sites for hydroxylation is 1. The molecule has 0 N–H and O–H groups in total. The molecule has 1 aromatic heterocycles. The summed E-state index contributed by atoms with van der Waals surface area (Å²) in [5, 5.41) is 15.6. The van der Waals surface area contributed by atoms with Crippen LogP contribution in [0.25, 0.3) is 0 Å². The summed E-state index contributed by atoms with van der Waals surface area (Å²) < 4.78 is 1.41. The van der Waals surface area contributed by atoms with E-state index in [0.29, 0.717) is 23.1 Å². The van der Waals surface area contributed by atoms with Crippen molar-refractivity contribution in [2.75, 3.05) is 6.54 Å². The number of hydrogen-bond donors (Lipinski definition) is 0. The SMILES string of the molecule is C[C@@H]1c2cc(Cl)c(Cl)cc2CCN1C(=O)CCn1cc([N+](=O)[O-])cn1. The van der Waals surface area contributed by atoms with Crippen molar-refractivity contribution in [1.82, 2.24) is 14.7 Å². The molecule has 1 aliphatic heterocycles. The normalized spacial score (nSPS) is 16.6. The van der Waals surface area contributed by atoms with Gasteiger partial charge in [-0.3, -0.25) is 19.6 Å². The van der Waals surface area contributed by atoms with E-state index in [4.69, 9.17) is 23.2 Å². The monoisotopic (exact) mass is 382 g/mol. The molecule has 132 valence electrons. The molecule has 0 aliphatic carbocycles. The summed E-state index contributed by atoms with van der Waals surface area (Å²) in [7, 11) is 0. The average molecular weight is 383 g/mol. The number of nitro groups is 1. The first kappa shape index (κ1) is 17.7. The van der Waals surface area contributed by atoms with Crippen LogP contribution in [-0.2, 0) is 17.8 Å². The van der Waals surface area contributed by atoms with Crippen molar-refractivity contribution in [3.8, 4) is 0 Å². The Kier molecular flexibility index (Phi) is 4.96. The summed E-state index contributed by atoms with van der Waals surface area (Å²) in [5.41, 5.74) is 2.02. The topological polar surface area (TPSA) is 81.3 Å². The molecule has 0 unspecified atom stereocenters. The van der Waals surface area contributed by atoms with Gasteiger partial charge in [-0.2, -0.15) is 5.10 Å². The lowest BCUT2D eigenvalue weighted by Gasteiger charge is -2.35. The Labute approximate surface area is 154 Å². The summed E-state index contributed by atoms with van der Waals surface area (Å²) in [5.74, 6) is -0.0256. The number of hydrogen-bond acceptors (Lipinski definition) is 4. The Morgan fingerprint density at radius 2 is 2.12 bits per heavy atom. The number of amides is 1. The van der Waals surface area contributed by atoms with E-state index in [0.717, 1.165) is 17.5 Å². The second-order valence-corrected chi connectivity index (χ2v) is 6.76. The molecule has 2 aromatic rings. The Morgan fingerprint density at radius 3 is 2.80 bits per heavy atom. The quantitative estimate of drug-likeness (QED) is 0.596. The highest BCUT2D eigenvalue weighted by Crippen LogP contribution is 2.35. The van der Waals surface area contributed by atoms with Crippen molar-refractivity contribution in [3.63, 3.8) is 0 Å². The zero-order chi connectivity index (χ0) is 18.1. The van der Waals surface area contributed by atoms with Crippen molar-refractivity contribution < 1.29 is 9.72 Å². The minimum atomic E-state index is -0.510. The van der Waals surface area contributed by atoms with Crippen LogP contribution in [0.5, 0.6) is 0 Å². The lowest BCUT2D eigenvalue weighted by molar-refractivity contribution is -0.385. The minimum absolute atomic E-state index is 0.0256. The first-order valence-corrected chi connectivity index (χ1v) is 8.56. The number of carbonyl (C=O) groups excluding carboxylic acids is 1. The molecular formula is C16H16Cl2N4O3. The van der Waals surface area contributed by atoms with Crippen LogP contribution in [-0.4, -0.2) is 32.1 Å². The minimum Gasteiger partial charge on any atom is -0.336 e. The van der Waals surface area contributed by atoms with Crippen molar-refractivity contribution in [3.05, 3.63) is 55.8 Å². The van der Waals surface area contributed by atoms with Gasteiger partial charge >= 0.3 is 5.69 Å². The van der Waals surface area contributed by atoms with Crippen molar-refractivity contribution in [1.29, 1.82) is 0 Å². The molecule has 0 bridgehead atoms. The lowest BCUT2D eigenvalue weighted by Crippen LogP contribution is -2.39. The standard InChI is InChI=1S/C16H16Cl2N4O3/c1-10-13-7-15(18)14(17)6-11(13)2-5-21(10)16(23)3-4-20-9-12(8-19-20)22(24)25/h6-10H,2-5H2,1H3/t10-/m1/s1. The third kappa shape index (κ3) is 3.62. The largest absolute Gasteiger partial charge is 0.336 e. The summed E-state index contributed by atoms with van der Waals surface area (Å²) in [6.07, 6.45) is 3.44. The Bertz CT molecular complexity index is 837. The molecular weight excluding hydrogens is 367 g/mol. The zero-order valence-electron chi connectivity index (χ0n) is 13.5. The molecule has 0 spiro atoms. The van der Waals surface area contributed by atoms with Gasteiger partial charge in [0.2, 0.25) is 5.91 Å². The fourth-order valence-corrected chi connectivity index (χ4v) is 3.43. The van der Waals surface area contributed by atoms with E-state index < -0.39 is 4.92 Å². The Balaban J connectivity index is 1.68. The maximum absolute atomic E-state index is 12.6.